The monoisotopic (exact) mass is 365 g/mol. The summed E-state index contributed by atoms with van der Waals surface area (Å²) in [5.41, 5.74) is 0.00786. The van der Waals surface area contributed by atoms with Crippen molar-refractivity contribution in [2.45, 2.75) is 19.0 Å². The van der Waals surface area contributed by atoms with Gasteiger partial charge in [-0.1, -0.05) is 0 Å². The van der Waals surface area contributed by atoms with E-state index in [9.17, 15) is 14.4 Å². The van der Waals surface area contributed by atoms with E-state index < -0.39 is 23.5 Å². The van der Waals surface area contributed by atoms with Crippen molar-refractivity contribution in [2.75, 3.05) is 19.1 Å². The smallest absolute Gasteiger partial charge is 0.328 e. The van der Waals surface area contributed by atoms with Crippen molar-refractivity contribution >= 4 is 23.6 Å². The van der Waals surface area contributed by atoms with Gasteiger partial charge in [-0.2, -0.15) is 16.9 Å². The average Bonchev–Trinajstić information content (AvgIpc) is 3.14. The molecule has 2 heterocycles. The van der Waals surface area contributed by atoms with Gasteiger partial charge in [0.2, 0.25) is 5.91 Å². The number of methoxy groups -OCH3 is 1. The molecule has 134 valence electrons. The van der Waals surface area contributed by atoms with Crippen LogP contribution in [0.2, 0.25) is 0 Å². The van der Waals surface area contributed by atoms with Crippen LogP contribution >= 0.6 is 11.8 Å². The SMILES string of the molecule is COC(=O)[C@H](CCSC)NC(=O)Cn1nc(-c2ccco2)ccc1=O. The minimum atomic E-state index is -0.756. The zero-order chi connectivity index (χ0) is 18.2. The molecule has 0 aromatic carbocycles. The standard InChI is InChI=1S/C16H19N3O5S/c1-23-16(22)12(7-9-25-2)17-14(20)10-19-15(21)6-5-11(18-19)13-4-3-8-24-13/h3-6,8,12H,7,9-10H2,1-2H3,(H,17,20)/t12-/m0/s1. The summed E-state index contributed by atoms with van der Waals surface area (Å²) in [4.78, 5) is 35.9. The zero-order valence-electron chi connectivity index (χ0n) is 13.9. The lowest BCUT2D eigenvalue weighted by molar-refractivity contribution is -0.145. The molecule has 2 rings (SSSR count). The Kier molecular flexibility index (Phi) is 6.81. The molecule has 0 saturated carbocycles. The molecule has 2 aromatic rings. The number of rotatable bonds is 8. The van der Waals surface area contributed by atoms with Crippen LogP contribution in [0.4, 0.5) is 0 Å². The van der Waals surface area contributed by atoms with E-state index >= 15 is 0 Å². The Labute approximate surface area is 148 Å². The Morgan fingerprint density at radius 2 is 2.20 bits per heavy atom. The van der Waals surface area contributed by atoms with Gasteiger partial charge in [0.1, 0.15) is 18.3 Å². The average molecular weight is 365 g/mol. The molecule has 1 atom stereocenters. The number of hydrogen-bond acceptors (Lipinski definition) is 7. The maximum Gasteiger partial charge on any atom is 0.328 e. The number of aromatic nitrogens is 2. The third-order valence-corrected chi connectivity index (χ3v) is 4.01. The molecule has 0 aliphatic carbocycles. The highest BCUT2D eigenvalue weighted by Crippen LogP contribution is 2.14. The second-order valence-corrected chi connectivity index (χ2v) is 6.10. The molecule has 0 aliphatic heterocycles. The molecular weight excluding hydrogens is 346 g/mol. The van der Waals surface area contributed by atoms with E-state index in [1.54, 1.807) is 23.9 Å². The minimum absolute atomic E-state index is 0.305. The van der Waals surface area contributed by atoms with Gasteiger partial charge in [0.15, 0.2) is 5.76 Å². The van der Waals surface area contributed by atoms with Gasteiger partial charge >= 0.3 is 5.97 Å². The van der Waals surface area contributed by atoms with Crippen LogP contribution in [0.25, 0.3) is 11.5 Å². The molecule has 0 fully saturated rings. The maximum atomic E-state index is 12.2. The van der Waals surface area contributed by atoms with Crippen LogP contribution in [0.5, 0.6) is 0 Å². The highest BCUT2D eigenvalue weighted by atomic mass is 32.2. The van der Waals surface area contributed by atoms with Crippen molar-refractivity contribution in [1.82, 2.24) is 15.1 Å². The molecule has 0 radical (unpaired) electrons. The molecule has 0 unspecified atom stereocenters. The normalized spacial score (nSPS) is 11.8. The number of esters is 1. The first-order valence-corrected chi connectivity index (χ1v) is 8.92. The summed E-state index contributed by atoms with van der Waals surface area (Å²) < 4.78 is 10.9. The Bertz CT molecular complexity index is 772. The van der Waals surface area contributed by atoms with E-state index in [2.05, 4.69) is 10.4 Å². The minimum Gasteiger partial charge on any atom is -0.467 e. The second-order valence-electron chi connectivity index (χ2n) is 5.12. The van der Waals surface area contributed by atoms with E-state index in [1.807, 2.05) is 6.26 Å². The fourth-order valence-electron chi connectivity index (χ4n) is 2.12. The zero-order valence-corrected chi connectivity index (χ0v) is 14.7. The summed E-state index contributed by atoms with van der Waals surface area (Å²) in [5, 5.41) is 6.70. The van der Waals surface area contributed by atoms with Crippen molar-refractivity contribution < 1.29 is 18.7 Å². The third-order valence-electron chi connectivity index (χ3n) is 3.37. The summed E-state index contributed by atoms with van der Waals surface area (Å²) in [6, 6.07) is 5.47. The van der Waals surface area contributed by atoms with Crippen LogP contribution in [-0.2, 0) is 20.9 Å². The van der Waals surface area contributed by atoms with E-state index in [0.717, 1.165) is 4.68 Å². The molecule has 2 aromatic heterocycles. The Morgan fingerprint density at radius 3 is 2.84 bits per heavy atom. The van der Waals surface area contributed by atoms with Crippen LogP contribution in [0.1, 0.15) is 6.42 Å². The molecule has 9 heteroatoms. The first-order chi connectivity index (χ1) is 12.0. The highest BCUT2D eigenvalue weighted by molar-refractivity contribution is 7.98. The maximum absolute atomic E-state index is 12.2. The number of carbonyl (C=O) groups is 2. The van der Waals surface area contributed by atoms with E-state index in [0.29, 0.717) is 23.6 Å². The number of nitrogens with one attached hydrogen (secondary N) is 1. The topological polar surface area (TPSA) is 103 Å². The Hall–Kier alpha value is -2.55. The molecule has 8 nitrogen and oxygen atoms in total. The molecule has 1 N–H and O–H groups in total. The van der Waals surface area contributed by atoms with Gasteiger partial charge in [-0.15, -0.1) is 0 Å². The number of furan rings is 1. The predicted octanol–water partition coefficient (Wildman–Crippen LogP) is 0.914. The number of ether oxygens (including phenoxy) is 1. The number of hydrogen-bond donors (Lipinski definition) is 1. The Morgan fingerprint density at radius 1 is 1.40 bits per heavy atom. The number of amides is 1. The van der Waals surface area contributed by atoms with Gasteiger partial charge in [-0.05, 0) is 36.6 Å². The molecular formula is C16H19N3O5S. The molecule has 25 heavy (non-hydrogen) atoms. The second kappa shape index (κ2) is 9.07. The fraction of sp³-hybridized carbons (Fsp3) is 0.375. The van der Waals surface area contributed by atoms with E-state index in [4.69, 9.17) is 9.15 Å². The first kappa shape index (κ1) is 18.8. The van der Waals surface area contributed by atoms with Crippen LogP contribution < -0.4 is 10.9 Å². The van der Waals surface area contributed by atoms with E-state index in [1.165, 1.54) is 25.5 Å². The van der Waals surface area contributed by atoms with Crippen LogP contribution in [0.15, 0.2) is 39.7 Å². The van der Waals surface area contributed by atoms with Gasteiger partial charge in [0, 0.05) is 6.07 Å². The lowest BCUT2D eigenvalue weighted by atomic mass is 10.2. The molecule has 0 aliphatic rings. The van der Waals surface area contributed by atoms with Crippen molar-refractivity contribution in [1.29, 1.82) is 0 Å². The summed E-state index contributed by atoms with van der Waals surface area (Å²) >= 11 is 1.55. The summed E-state index contributed by atoms with van der Waals surface area (Å²) in [6.07, 6.45) is 3.83. The van der Waals surface area contributed by atoms with Crippen molar-refractivity contribution in [3.63, 3.8) is 0 Å². The van der Waals surface area contributed by atoms with Gasteiger partial charge in [-0.25, -0.2) is 9.48 Å². The summed E-state index contributed by atoms with van der Waals surface area (Å²) in [7, 11) is 1.26. The third kappa shape index (κ3) is 5.21. The Balaban J connectivity index is 2.10. The quantitative estimate of drug-likeness (QED) is 0.694. The van der Waals surface area contributed by atoms with Gasteiger partial charge in [-0.3, -0.25) is 9.59 Å². The number of carbonyl (C=O) groups excluding carboxylic acids is 2. The van der Waals surface area contributed by atoms with Gasteiger partial charge in [0.05, 0.1) is 13.4 Å². The van der Waals surface area contributed by atoms with Crippen LogP contribution in [-0.4, -0.2) is 46.8 Å². The molecule has 1 amide bonds. The van der Waals surface area contributed by atoms with Crippen molar-refractivity contribution in [3.05, 3.63) is 40.9 Å². The van der Waals surface area contributed by atoms with E-state index in [-0.39, 0.29) is 6.54 Å². The summed E-state index contributed by atoms with van der Waals surface area (Å²) in [5.74, 6) is 0.156. The fourth-order valence-corrected chi connectivity index (χ4v) is 2.59. The number of thioether (sulfide) groups is 1. The predicted molar refractivity (Wildman–Crippen MR) is 93.1 cm³/mol. The largest absolute Gasteiger partial charge is 0.467 e. The van der Waals surface area contributed by atoms with Crippen LogP contribution in [0.3, 0.4) is 0 Å². The van der Waals surface area contributed by atoms with Crippen LogP contribution in [0, 0.1) is 0 Å². The molecule has 0 saturated heterocycles. The molecule has 0 bridgehead atoms. The highest BCUT2D eigenvalue weighted by Gasteiger charge is 2.21. The van der Waals surface area contributed by atoms with Crippen molar-refractivity contribution in [2.24, 2.45) is 0 Å². The lowest BCUT2D eigenvalue weighted by Crippen LogP contribution is -2.44. The first-order valence-electron chi connectivity index (χ1n) is 7.53. The van der Waals surface area contributed by atoms with Crippen molar-refractivity contribution in [3.8, 4) is 11.5 Å². The summed E-state index contributed by atoms with van der Waals surface area (Å²) in [6.45, 7) is -0.305. The lowest BCUT2D eigenvalue weighted by Gasteiger charge is -2.16. The molecule has 0 spiro atoms. The van der Waals surface area contributed by atoms with Gasteiger partial charge < -0.3 is 14.5 Å². The number of nitrogens with zero attached hydrogens (tertiary/aromatic N) is 2. The van der Waals surface area contributed by atoms with Gasteiger partial charge in [0.25, 0.3) is 5.56 Å².